The summed E-state index contributed by atoms with van der Waals surface area (Å²) in [5.41, 5.74) is 2.04. The molecule has 2 N–H and O–H groups in total. The first kappa shape index (κ1) is 43.7. The van der Waals surface area contributed by atoms with Crippen molar-refractivity contribution >= 4 is 72.6 Å². The molecule has 4 aliphatic heterocycles. The molecule has 4 saturated heterocycles. The number of imidazole rings is 1. The number of hydrogen-bond acceptors (Lipinski definition) is 12. The maximum atomic E-state index is 16.2. The van der Waals surface area contributed by atoms with Crippen LogP contribution in [0.1, 0.15) is 81.9 Å². The lowest BCUT2D eigenvalue weighted by Gasteiger charge is -2.52. The number of amides is 2. The number of pyridine rings is 1. The van der Waals surface area contributed by atoms with Gasteiger partial charge in [-0.1, -0.05) is 11.6 Å². The number of ether oxygens (including phenoxy) is 1. The molecule has 7 heterocycles. The molecule has 2 aromatic carbocycles. The van der Waals surface area contributed by atoms with Gasteiger partial charge in [0.15, 0.2) is 15.7 Å². The van der Waals surface area contributed by atoms with Crippen molar-refractivity contribution in [3.63, 3.8) is 0 Å². The van der Waals surface area contributed by atoms with Gasteiger partial charge in [0.2, 0.25) is 17.8 Å². The van der Waals surface area contributed by atoms with Crippen molar-refractivity contribution in [2.75, 3.05) is 56.2 Å². The molecule has 65 heavy (non-hydrogen) atoms. The maximum Gasteiger partial charge on any atom is 0.329 e. The van der Waals surface area contributed by atoms with Gasteiger partial charge in [-0.15, -0.1) is 0 Å². The number of likely N-dealkylation sites (tertiary alicyclic amines) is 1. The van der Waals surface area contributed by atoms with Crippen molar-refractivity contribution < 1.29 is 27.1 Å². The third-order valence-electron chi connectivity index (χ3n) is 14.9. The topological polar surface area (TPSA) is 183 Å². The predicted octanol–water partition coefficient (Wildman–Crippen LogP) is 5.55. The summed E-state index contributed by atoms with van der Waals surface area (Å²) >= 11 is 6.32. The van der Waals surface area contributed by atoms with E-state index in [1.54, 1.807) is 47.2 Å². The smallest absolute Gasteiger partial charge is 0.329 e. The number of piperidine rings is 3. The molecule has 5 aromatic rings. The number of aryl methyl sites for hydroxylation is 2. The fraction of sp³-hybridized carbons (Fsp3) is 0.522. The van der Waals surface area contributed by atoms with Crippen LogP contribution in [0, 0.1) is 24.1 Å². The van der Waals surface area contributed by atoms with Crippen LogP contribution >= 0.6 is 11.6 Å². The monoisotopic (exact) mass is 929 g/mol. The van der Waals surface area contributed by atoms with Crippen molar-refractivity contribution in [1.82, 2.24) is 33.9 Å². The molecule has 1 aliphatic carbocycles. The first-order valence-electron chi connectivity index (χ1n) is 22.7. The van der Waals surface area contributed by atoms with E-state index in [1.807, 2.05) is 11.8 Å². The lowest BCUT2D eigenvalue weighted by molar-refractivity contribution is -0.135. The average molecular weight is 931 g/mol. The van der Waals surface area contributed by atoms with Crippen molar-refractivity contribution in [2.45, 2.75) is 93.4 Å². The molecule has 5 aliphatic rings. The van der Waals surface area contributed by atoms with Crippen molar-refractivity contribution in [2.24, 2.45) is 18.4 Å². The lowest BCUT2D eigenvalue weighted by Crippen LogP contribution is -2.52. The molecule has 1 unspecified atom stereocenters. The van der Waals surface area contributed by atoms with E-state index in [2.05, 4.69) is 20.5 Å². The summed E-state index contributed by atoms with van der Waals surface area (Å²) in [6, 6.07) is 9.13. The number of hydrogen-bond donors (Lipinski definition) is 2. The Morgan fingerprint density at radius 1 is 0.954 bits per heavy atom. The fourth-order valence-corrected chi connectivity index (χ4v) is 13.4. The van der Waals surface area contributed by atoms with Crippen molar-refractivity contribution in [3.8, 4) is 0 Å². The van der Waals surface area contributed by atoms with E-state index in [4.69, 9.17) is 21.3 Å². The molecule has 3 aromatic heterocycles. The number of imide groups is 1. The highest BCUT2D eigenvalue weighted by Crippen LogP contribution is 2.53. The summed E-state index contributed by atoms with van der Waals surface area (Å²) in [7, 11) is -2.04. The Morgan fingerprint density at radius 3 is 2.40 bits per heavy atom. The second-order valence-corrected chi connectivity index (χ2v) is 21.5. The molecule has 1 spiro atoms. The molecule has 1 atom stereocenters. The Bertz CT molecular complexity index is 2960. The molecule has 5 fully saturated rings. The standard InChI is InChI=1S/C46H53ClFN9O7S/c1-27-21-31(3-4-34(27)50-44-49-25-29-22-33(47)43(60)56(41(29)52-44)30-11-19-64-20-12-30)65(62,63)32-23-46(24-32)13-17-54(18-14-46)26-28-9-15-55(16-10-28)35-5-6-36-40(39(35)48)53(2)45(61)57(36)37-7-8-38(58)51-42(37)59/h3-6,21-22,25,28,30,32,37H,7-20,23-24,26H2,1-2H3,(H,49,50,52)(H,51,58,59). The summed E-state index contributed by atoms with van der Waals surface area (Å²) in [6.45, 7) is 7.10. The summed E-state index contributed by atoms with van der Waals surface area (Å²) in [5.74, 6) is -0.682. The highest BCUT2D eigenvalue weighted by atomic mass is 35.5. The quantitative estimate of drug-likeness (QED) is 0.176. The van der Waals surface area contributed by atoms with Gasteiger partial charge in [-0.25, -0.2) is 22.6 Å². The van der Waals surface area contributed by atoms with Gasteiger partial charge in [-0.05, 0) is 131 Å². The highest BCUT2D eigenvalue weighted by molar-refractivity contribution is 7.92. The zero-order valence-electron chi connectivity index (χ0n) is 36.5. The number of halogens is 2. The Balaban J connectivity index is 0.726. The van der Waals surface area contributed by atoms with E-state index in [0.29, 0.717) is 90.7 Å². The van der Waals surface area contributed by atoms with Gasteiger partial charge < -0.3 is 19.9 Å². The Labute approximate surface area is 380 Å². The highest BCUT2D eigenvalue weighted by Gasteiger charge is 2.51. The van der Waals surface area contributed by atoms with E-state index < -0.39 is 38.5 Å². The number of aromatic nitrogens is 5. The number of benzene rings is 2. The molecular weight excluding hydrogens is 877 g/mol. The van der Waals surface area contributed by atoms with Crippen LogP contribution in [0.5, 0.6) is 0 Å². The van der Waals surface area contributed by atoms with Crippen LogP contribution in [-0.4, -0.2) is 100.0 Å². The van der Waals surface area contributed by atoms with Crippen molar-refractivity contribution in [3.05, 3.63) is 79.8 Å². The predicted molar refractivity (Wildman–Crippen MR) is 244 cm³/mol. The van der Waals surface area contributed by atoms with E-state index in [0.717, 1.165) is 50.9 Å². The number of nitrogens with one attached hydrogen (secondary N) is 2. The largest absolute Gasteiger partial charge is 0.381 e. The number of carbonyl (C=O) groups is 2. The third-order valence-corrected chi connectivity index (χ3v) is 17.3. The minimum atomic E-state index is -3.55. The molecule has 10 rings (SSSR count). The van der Waals surface area contributed by atoms with Gasteiger partial charge >= 0.3 is 5.69 Å². The second kappa shape index (κ2) is 16.9. The first-order valence-corrected chi connectivity index (χ1v) is 24.6. The molecule has 1 saturated carbocycles. The van der Waals surface area contributed by atoms with Gasteiger partial charge in [0.05, 0.1) is 21.3 Å². The van der Waals surface area contributed by atoms with Gasteiger partial charge in [0.1, 0.15) is 22.2 Å². The van der Waals surface area contributed by atoms with Crippen molar-refractivity contribution in [1.29, 1.82) is 0 Å². The van der Waals surface area contributed by atoms with Crippen LogP contribution in [0.2, 0.25) is 5.02 Å². The zero-order valence-corrected chi connectivity index (χ0v) is 38.1. The fourth-order valence-electron chi connectivity index (χ4n) is 11.1. The number of rotatable bonds is 9. The molecule has 2 amide bonds. The number of carbonyl (C=O) groups excluding carboxylic acids is 2. The first-order chi connectivity index (χ1) is 31.2. The van der Waals surface area contributed by atoms with E-state index in [-0.39, 0.29) is 52.3 Å². The third kappa shape index (κ3) is 7.93. The van der Waals surface area contributed by atoms with E-state index >= 15 is 4.39 Å². The van der Waals surface area contributed by atoms with Crippen LogP contribution < -0.4 is 26.8 Å². The number of sulfone groups is 1. The van der Waals surface area contributed by atoms with Crippen LogP contribution in [0.4, 0.5) is 21.7 Å². The molecule has 344 valence electrons. The normalized spacial score (nSPS) is 21.6. The van der Waals surface area contributed by atoms with Gasteiger partial charge in [0.25, 0.3) is 5.56 Å². The van der Waals surface area contributed by atoms with Gasteiger partial charge in [-0.3, -0.25) is 33.4 Å². The van der Waals surface area contributed by atoms with Crippen LogP contribution in [0.25, 0.3) is 22.1 Å². The number of anilines is 3. The van der Waals surface area contributed by atoms with Crippen LogP contribution in [0.15, 0.2) is 57.1 Å². The molecule has 16 nitrogen and oxygen atoms in total. The maximum absolute atomic E-state index is 16.2. The minimum absolute atomic E-state index is 0.0324. The summed E-state index contributed by atoms with van der Waals surface area (Å²) < 4.78 is 53.8. The summed E-state index contributed by atoms with van der Waals surface area (Å²) in [5, 5.41) is 5.87. The number of nitrogens with zero attached hydrogens (tertiary/aromatic N) is 7. The Kier molecular flexibility index (Phi) is 11.4. The number of fused-ring (bicyclic) bond motifs is 2. The lowest BCUT2D eigenvalue weighted by atomic mass is 9.63. The van der Waals surface area contributed by atoms with E-state index in [9.17, 15) is 27.6 Å². The Morgan fingerprint density at radius 2 is 1.69 bits per heavy atom. The molecule has 19 heteroatoms. The molecular formula is C46H53ClFN9O7S. The second-order valence-electron chi connectivity index (χ2n) is 18.8. The van der Waals surface area contributed by atoms with Crippen LogP contribution in [-0.2, 0) is 31.2 Å². The van der Waals surface area contributed by atoms with Crippen LogP contribution in [0.3, 0.4) is 0 Å². The Hall–Kier alpha value is -5.17. The summed E-state index contributed by atoms with van der Waals surface area (Å²) in [6.07, 6.45) is 8.30. The van der Waals surface area contributed by atoms with Gasteiger partial charge in [0, 0.05) is 69.6 Å². The molecule has 0 radical (unpaired) electrons. The van der Waals surface area contributed by atoms with E-state index in [1.165, 1.54) is 16.2 Å². The minimum Gasteiger partial charge on any atom is -0.381 e. The molecule has 0 bridgehead atoms. The zero-order chi connectivity index (χ0) is 45.4. The average Bonchev–Trinajstić information content (AvgIpc) is 3.54. The SMILES string of the molecule is Cc1cc(S(=O)(=O)C2CC3(CCN(CC4CCN(c5ccc6c(c5F)n(C)c(=O)n6C5CCC(=O)NC5=O)CC4)CC3)C2)ccc1Nc1ncc2cc(Cl)c(=O)n(C3CCOCC3)c2n1. The summed E-state index contributed by atoms with van der Waals surface area (Å²) in [4.78, 5) is 64.8. The van der Waals surface area contributed by atoms with Gasteiger partial charge in [-0.2, -0.15) is 4.98 Å².